The number of aromatic amines is 1. The van der Waals surface area contributed by atoms with Crippen LogP contribution in [0.25, 0.3) is 10.9 Å². The first kappa shape index (κ1) is 10.2. The number of nitriles is 1. The van der Waals surface area contributed by atoms with Gasteiger partial charge in [-0.05, 0) is 18.2 Å². The lowest BCUT2D eigenvalue weighted by Gasteiger charge is -2.04. The van der Waals surface area contributed by atoms with Gasteiger partial charge in [-0.25, -0.2) is 4.39 Å². The van der Waals surface area contributed by atoms with Crippen LogP contribution in [0.1, 0.15) is 6.42 Å². The van der Waals surface area contributed by atoms with Crippen LogP contribution in [0.4, 0.5) is 10.1 Å². The third-order valence-corrected chi connectivity index (χ3v) is 2.18. The van der Waals surface area contributed by atoms with Crippen molar-refractivity contribution in [2.45, 2.75) is 6.42 Å². The fraction of sp³-hybridized carbons (Fsp3) is 0.0909. The fourth-order valence-electron chi connectivity index (χ4n) is 1.49. The molecule has 4 nitrogen and oxygen atoms in total. The van der Waals surface area contributed by atoms with E-state index in [-0.39, 0.29) is 12.2 Å². The molecule has 1 aromatic carbocycles. The third kappa shape index (κ3) is 1.73. The van der Waals surface area contributed by atoms with E-state index in [4.69, 9.17) is 5.26 Å². The average Bonchev–Trinajstić information content (AvgIpc) is 2.72. The molecule has 0 saturated heterocycles. The molecule has 1 heterocycles. The van der Waals surface area contributed by atoms with Gasteiger partial charge >= 0.3 is 0 Å². The normalized spacial score (nSPS) is 10.0. The molecule has 0 spiro atoms. The SMILES string of the molecule is N#CCC(=O)Nc1ccc(F)c2cc[nH]c12. The van der Waals surface area contributed by atoms with E-state index in [1.54, 1.807) is 18.3 Å². The molecule has 2 N–H and O–H groups in total. The van der Waals surface area contributed by atoms with Crippen LogP contribution in [0, 0.1) is 17.1 Å². The number of fused-ring (bicyclic) bond motifs is 1. The molecule has 80 valence electrons. The molecule has 0 aliphatic heterocycles. The topological polar surface area (TPSA) is 68.7 Å². The summed E-state index contributed by atoms with van der Waals surface area (Å²) >= 11 is 0. The van der Waals surface area contributed by atoms with Gasteiger partial charge in [0.2, 0.25) is 5.91 Å². The van der Waals surface area contributed by atoms with Crippen molar-refractivity contribution in [3.63, 3.8) is 0 Å². The Bertz CT molecular complexity index is 582. The van der Waals surface area contributed by atoms with E-state index >= 15 is 0 Å². The smallest absolute Gasteiger partial charge is 0.238 e. The van der Waals surface area contributed by atoms with Crippen LogP contribution in [-0.2, 0) is 4.79 Å². The zero-order valence-electron chi connectivity index (χ0n) is 8.25. The molecule has 0 fully saturated rings. The van der Waals surface area contributed by atoms with Gasteiger partial charge in [-0.2, -0.15) is 5.26 Å². The van der Waals surface area contributed by atoms with Crippen LogP contribution < -0.4 is 5.32 Å². The minimum Gasteiger partial charge on any atom is -0.359 e. The van der Waals surface area contributed by atoms with Crippen molar-refractivity contribution in [1.29, 1.82) is 5.26 Å². The van der Waals surface area contributed by atoms with E-state index in [9.17, 15) is 9.18 Å². The Morgan fingerprint density at radius 3 is 3.06 bits per heavy atom. The maximum atomic E-state index is 13.3. The second kappa shape index (κ2) is 4.03. The maximum Gasteiger partial charge on any atom is 0.238 e. The number of nitrogens with zero attached hydrogens (tertiary/aromatic N) is 1. The van der Waals surface area contributed by atoms with Crippen molar-refractivity contribution < 1.29 is 9.18 Å². The molecule has 5 heteroatoms. The largest absolute Gasteiger partial charge is 0.359 e. The van der Waals surface area contributed by atoms with Crippen LogP contribution in [0.2, 0.25) is 0 Å². The molecule has 16 heavy (non-hydrogen) atoms. The minimum atomic E-state index is -0.412. The number of halogens is 1. The monoisotopic (exact) mass is 217 g/mol. The zero-order valence-corrected chi connectivity index (χ0v) is 8.25. The van der Waals surface area contributed by atoms with Gasteiger partial charge in [0.25, 0.3) is 0 Å². The maximum absolute atomic E-state index is 13.3. The molecular formula is C11H8FN3O. The zero-order chi connectivity index (χ0) is 11.5. The molecule has 1 aromatic heterocycles. The molecule has 1 amide bonds. The number of benzene rings is 1. The van der Waals surface area contributed by atoms with Gasteiger partial charge in [0.1, 0.15) is 12.2 Å². The second-order valence-corrected chi connectivity index (χ2v) is 3.24. The Hall–Kier alpha value is -2.35. The number of H-pyrrole nitrogens is 1. The number of nitrogens with one attached hydrogen (secondary N) is 2. The number of rotatable bonds is 2. The first-order valence-electron chi connectivity index (χ1n) is 4.65. The van der Waals surface area contributed by atoms with Crippen molar-refractivity contribution in [1.82, 2.24) is 4.98 Å². The lowest BCUT2D eigenvalue weighted by Crippen LogP contribution is -2.10. The highest BCUT2D eigenvalue weighted by molar-refractivity contribution is 6.01. The van der Waals surface area contributed by atoms with Gasteiger partial charge in [0.05, 0.1) is 17.3 Å². The second-order valence-electron chi connectivity index (χ2n) is 3.24. The molecule has 0 unspecified atom stereocenters. The number of anilines is 1. The van der Waals surface area contributed by atoms with Gasteiger partial charge in [-0.3, -0.25) is 4.79 Å². The summed E-state index contributed by atoms with van der Waals surface area (Å²) < 4.78 is 13.3. The number of aromatic nitrogens is 1. The van der Waals surface area contributed by atoms with E-state index in [1.165, 1.54) is 12.1 Å². The first-order valence-corrected chi connectivity index (χ1v) is 4.65. The van der Waals surface area contributed by atoms with Crippen LogP contribution >= 0.6 is 0 Å². The van der Waals surface area contributed by atoms with Crippen molar-refractivity contribution in [3.05, 3.63) is 30.2 Å². The van der Waals surface area contributed by atoms with Gasteiger partial charge in [-0.15, -0.1) is 0 Å². The van der Waals surface area contributed by atoms with E-state index in [0.717, 1.165) is 0 Å². The molecule has 0 bridgehead atoms. The summed E-state index contributed by atoms with van der Waals surface area (Å²) in [6.07, 6.45) is 1.37. The number of amides is 1. The molecular weight excluding hydrogens is 209 g/mol. The van der Waals surface area contributed by atoms with Crippen LogP contribution in [0.15, 0.2) is 24.4 Å². The molecule has 2 aromatic rings. The summed E-state index contributed by atoms with van der Waals surface area (Å²) in [4.78, 5) is 14.1. The van der Waals surface area contributed by atoms with Crippen LogP contribution in [0.3, 0.4) is 0 Å². The van der Waals surface area contributed by atoms with E-state index in [0.29, 0.717) is 16.6 Å². The summed E-state index contributed by atoms with van der Waals surface area (Å²) in [7, 11) is 0. The molecule has 0 aliphatic carbocycles. The highest BCUT2D eigenvalue weighted by atomic mass is 19.1. The predicted octanol–water partition coefficient (Wildman–Crippen LogP) is 2.16. The van der Waals surface area contributed by atoms with E-state index < -0.39 is 5.91 Å². The van der Waals surface area contributed by atoms with Gasteiger partial charge in [0.15, 0.2) is 0 Å². The Labute approximate surface area is 90.7 Å². The molecule has 0 radical (unpaired) electrons. The lowest BCUT2D eigenvalue weighted by molar-refractivity contribution is -0.115. The summed E-state index contributed by atoms with van der Waals surface area (Å²) in [5.74, 6) is -0.764. The number of hydrogen-bond acceptors (Lipinski definition) is 2. The number of carbonyl (C=O) groups is 1. The number of hydrogen-bond donors (Lipinski definition) is 2. The molecule has 0 aliphatic rings. The summed E-state index contributed by atoms with van der Waals surface area (Å²) in [6.45, 7) is 0. The highest BCUT2D eigenvalue weighted by Crippen LogP contribution is 2.24. The Balaban J connectivity index is 2.39. The average molecular weight is 217 g/mol. The fourth-order valence-corrected chi connectivity index (χ4v) is 1.49. The predicted molar refractivity (Wildman–Crippen MR) is 57.1 cm³/mol. The van der Waals surface area contributed by atoms with Crippen molar-refractivity contribution >= 4 is 22.5 Å². The summed E-state index contributed by atoms with van der Waals surface area (Å²) in [5.41, 5.74) is 0.993. The summed E-state index contributed by atoms with van der Waals surface area (Å²) in [5, 5.41) is 11.3. The highest BCUT2D eigenvalue weighted by Gasteiger charge is 2.09. The van der Waals surface area contributed by atoms with Gasteiger partial charge in [-0.1, -0.05) is 0 Å². The summed E-state index contributed by atoms with van der Waals surface area (Å²) in [6, 6.07) is 6.07. The standard InChI is InChI=1S/C11H8FN3O/c12-8-1-2-9(15-10(16)3-5-13)11-7(8)4-6-14-11/h1-2,4,6,14H,3H2,(H,15,16). The van der Waals surface area contributed by atoms with Crippen molar-refractivity contribution in [2.75, 3.05) is 5.32 Å². The van der Waals surface area contributed by atoms with E-state index in [1.807, 2.05) is 0 Å². The van der Waals surface area contributed by atoms with Crippen LogP contribution in [0.5, 0.6) is 0 Å². The first-order chi connectivity index (χ1) is 7.72. The lowest BCUT2D eigenvalue weighted by atomic mass is 10.2. The molecule has 0 saturated carbocycles. The number of carbonyl (C=O) groups excluding carboxylic acids is 1. The van der Waals surface area contributed by atoms with E-state index in [2.05, 4.69) is 10.3 Å². The van der Waals surface area contributed by atoms with Crippen molar-refractivity contribution in [3.8, 4) is 6.07 Å². The molecule has 2 rings (SSSR count). The Kier molecular flexibility index (Phi) is 2.56. The quantitative estimate of drug-likeness (QED) is 0.809. The Morgan fingerprint density at radius 1 is 1.50 bits per heavy atom. The van der Waals surface area contributed by atoms with Gasteiger partial charge in [0, 0.05) is 11.6 Å². The van der Waals surface area contributed by atoms with Crippen molar-refractivity contribution in [2.24, 2.45) is 0 Å². The molecule has 0 atom stereocenters. The van der Waals surface area contributed by atoms with Crippen LogP contribution in [-0.4, -0.2) is 10.9 Å². The third-order valence-electron chi connectivity index (χ3n) is 2.18. The van der Waals surface area contributed by atoms with Gasteiger partial charge < -0.3 is 10.3 Å². The Morgan fingerprint density at radius 2 is 2.31 bits per heavy atom. The minimum absolute atomic E-state index is 0.223.